The lowest BCUT2D eigenvalue weighted by molar-refractivity contribution is 0.340. The monoisotopic (exact) mass is 186 g/mol. The summed E-state index contributed by atoms with van der Waals surface area (Å²) in [6.45, 7) is 2.47. The maximum atomic E-state index is 5.77. The number of hydrogen-bond acceptors (Lipinski definition) is 3. The minimum atomic E-state index is 0.403. The van der Waals surface area contributed by atoms with Gasteiger partial charge in [0.1, 0.15) is 5.75 Å². The summed E-state index contributed by atoms with van der Waals surface area (Å²) in [5, 5.41) is 0.429. The lowest BCUT2D eigenvalue weighted by atomic mass is 10.2. The third-order valence-electron chi connectivity index (χ3n) is 1.45. The summed E-state index contributed by atoms with van der Waals surface area (Å²) in [6.07, 6.45) is 0. The molecule has 4 N–H and O–H groups in total. The predicted molar refractivity (Wildman–Crippen MR) is 51.4 cm³/mol. The van der Waals surface area contributed by atoms with Gasteiger partial charge in [-0.05, 0) is 6.92 Å². The third-order valence-corrected chi connectivity index (χ3v) is 1.76. The molecule has 3 nitrogen and oxygen atoms in total. The number of hydrogen-bond donors (Lipinski definition) is 2. The molecule has 0 aliphatic heterocycles. The van der Waals surface area contributed by atoms with Gasteiger partial charge in [0.2, 0.25) is 0 Å². The first-order valence-electron chi connectivity index (χ1n) is 3.62. The van der Waals surface area contributed by atoms with Crippen LogP contribution < -0.4 is 16.2 Å². The molecule has 0 saturated carbocycles. The molecule has 0 amide bonds. The SMILES string of the molecule is CCOc1cc(N)c(N)c(Cl)c1. The van der Waals surface area contributed by atoms with Gasteiger partial charge in [-0.3, -0.25) is 0 Å². The summed E-state index contributed by atoms with van der Waals surface area (Å²) in [7, 11) is 0. The van der Waals surface area contributed by atoms with Crippen molar-refractivity contribution in [3.63, 3.8) is 0 Å². The molecule has 0 bridgehead atoms. The molecule has 4 heteroatoms. The Balaban J connectivity index is 3.04. The van der Waals surface area contributed by atoms with E-state index in [2.05, 4.69) is 0 Å². The van der Waals surface area contributed by atoms with E-state index in [-0.39, 0.29) is 0 Å². The molecule has 0 aliphatic carbocycles. The molecule has 0 saturated heterocycles. The summed E-state index contributed by atoms with van der Waals surface area (Å²) >= 11 is 5.77. The summed E-state index contributed by atoms with van der Waals surface area (Å²) in [4.78, 5) is 0. The van der Waals surface area contributed by atoms with Crippen molar-refractivity contribution in [3.05, 3.63) is 17.2 Å². The van der Waals surface area contributed by atoms with Gasteiger partial charge in [0.15, 0.2) is 0 Å². The molecule has 0 aliphatic rings. The summed E-state index contributed by atoms with van der Waals surface area (Å²) in [5.74, 6) is 0.647. The van der Waals surface area contributed by atoms with Gasteiger partial charge in [0.05, 0.1) is 23.0 Å². The normalized spacial score (nSPS) is 9.83. The zero-order valence-electron chi connectivity index (χ0n) is 6.80. The minimum Gasteiger partial charge on any atom is -0.494 e. The molecule has 0 fully saturated rings. The van der Waals surface area contributed by atoms with Crippen LogP contribution in [0.4, 0.5) is 11.4 Å². The zero-order valence-corrected chi connectivity index (χ0v) is 7.56. The van der Waals surface area contributed by atoms with Crippen LogP contribution in [0.1, 0.15) is 6.92 Å². The predicted octanol–water partition coefficient (Wildman–Crippen LogP) is 1.90. The highest BCUT2D eigenvalue weighted by molar-refractivity contribution is 6.33. The average Bonchev–Trinajstić information content (AvgIpc) is 2.01. The van der Waals surface area contributed by atoms with E-state index >= 15 is 0 Å². The van der Waals surface area contributed by atoms with Crippen LogP contribution in [0.25, 0.3) is 0 Å². The Bertz CT molecular complexity index is 265. The highest BCUT2D eigenvalue weighted by Crippen LogP contribution is 2.30. The van der Waals surface area contributed by atoms with E-state index in [1.165, 1.54) is 0 Å². The van der Waals surface area contributed by atoms with Crippen LogP contribution in [-0.4, -0.2) is 6.61 Å². The number of anilines is 2. The molecule has 12 heavy (non-hydrogen) atoms. The molecule has 0 heterocycles. The molecule has 66 valence electrons. The molecule has 1 rings (SSSR count). The smallest absolute Gasteiger partial charge is 0.122 e. The van der Waals surface area contributed by atoms with Crippen molar-refractivity contribution in [2.24, 2.45) is 0 Å². The minimum absolute atomic E-state index is 0.403. The van der Waals surface area contributed by atoms with E-state index in [1.807, 2.05) is 6.92 Å². The highest BCUT2D eigenvalue weighted by Gasteiger charge is 2.03. The Morgan fingerprint density at radius 1 is 1.42 bits per heavy atom. The molecule has 0 aromatic heterocycles. The Morgan fingerprint density at radius 2 is 2.08 bits per heavy atom. The number of rotatable bonds is 2. The number of nitrogens with two attached hydrogens (primary N) is 2. The van der Waals surface area contributed by atoms with Crippen LogP contribution in [0.2, 0.25) is 5.02 Å². The first kappa shape index (κ1) is 9.00. The van der Waals surface area contributed by atoms with E-state index in [9.17, 15) is 0 Å². The molecular formula is C8H11ClN2O. The molecule has 0 radical (unpaired) electrons. The summed E-state index contributed by atoms with van der Waals surface area (Å²) < 4.78 is 5.20. The van der Waals surface area contributed by atoms with Crippen molar-refractivity contribution >= 4 is 23.0 Å². The third kappa shape index (κ3) is 1.74. The van der Waals surface area contributed by atoms with Crippen LogP contribution in [-0.2, 0) is 0 Å². The first-order chi connectivity index (χ1) is 5.65. The fourth-order valence-electron chi connectivity index (χ4n) is 0.863. The fraction of sp³-hybridized carbons (Fsp3) is 0.250. The van der Waals surface area contributed by atoms with E-state index in [0.29, 0.717) is 28.8 Å². The average molecular weight is 187 g/mol. The van der Waals surface area contributed by atoms with Gasteiger partial charge in [-0.25, -0.2) is 0 Å². The second-order valence-electron chi connectivity index (χ2n) is 2.34. The van der Waals surface area contributed by atoms with Gasteiger partial charge < -0.3 is 16.2 Å². The first-order valence-corrected chi connectivity index (χ1v) is 4.00. The highest BCUT2D eigenvalue weighted by atomic mass is 35.5. The number of ether oxygens (including phenoxy) is 1. The lowest BCUT2D eigenvalue weighted by Gasteiger charge is -2.07. The number of benzene rings is 1. The molecule has 0 atom stereocenters. The van der Waals surface area contributed by atoms with Crippen LogP contribution in [0.15, 0.2) is 12.1 Å². The largest absolute Gasteiger partial charge is 0.494 e. The molecule has 1 aromatic carbocycles. The van der Waals surface area contributed by atoms with Crippen LogP contribution in [0.3, 0.4) is 0 Å². The van der Waals surface area contributed by atoms with Gasteiger partial charge in [0.25, 0.3) is 0 Å². The molecule has 1 aromatic rings. The quantitative estimate of drug-likeness (QED) is 0.694. The van der Waals surface area contributed by atoms with Crippen molar-refractivity contribution in [1.29, 1.82) is 0 Å². The Hall–Kier alpha value is -1.09. The van der Waals surface area contributed by atoms with E-state index in [0.717, 1.165) is 0 Å². The summed E-state index contributed by atoms with van der Waals surface area (Å²) in [5.41, 5.74) is 11.9. The Labute approximate surface area is 76.3 Å². The van der Waals surface area contributed by atoms with Crippen LogP contribution in [0, 0.1) is 0 Å². The Kier molecular flexibility index (Phi) is 2.65. The maximum Gasteiger partial charge on any atom is 0.122 e. The fourth-order valence-corrected chi connectivity index (χ4v) is 1.08. The number of halogens is 1. The van der Waals surface area contributed by atoms with Crippen molar-refractivity contribution in [2.45, 2.75) is 6.92 Å². The van der Waals surface area contributed by atoms with Gasteiger partial charge in [-0.15, -0.1) is 0 Å². The van der Waals surface area contributed by atoms with E-state index in [1.54, 1.807) is 12.1 Å². The zero-order chi connectivity index (χ0) is 9.14. The standard InChI is InChI=1S/C8H11ClN2O/c1-2-12-5-3-6(9)8(11)7(10)4-5/h3-4H,2,10-11H2,1H3. The topological polar surface area (TPSA) is 61.3 Å². The van der Waals surface area contributed by atoms with Crippen molar-refractivity contribution < 1.29 is 4.74 Å². The van der Waals surface area contributed by atoms with Gasteiger partial charge >= 0.3 is 0 Å². The second-order valence-corrected chi connectivity index (χ2v) is 2.75. The molecule has 0 spiro atoms. The van der Waals surface area contributed by atoms with E-state index < -0.39 is 0 Å². The number of nitrogen functional groups attached to an aromatic ring is 2. The Morgan fingerprint density at radius 3 is 2.58 bits per heavy atom. The maximum absolute atomic E-state index is 5.77. The van der Waals surface area contributed by atoms with Crippen molar-refractivity contribution in [3.8, 4) is 5.75 Å². The molecular weight excluding hydrogens is 176 g/mol. The van der Waals surface area contributed by atoms with Crippen molar-refractivity contribution in [2.75, 3.05) is 18.1 Å². The van der Waals surface area contributed by atoms with Gasteiger partial charge in [-0.1, -0.05) is 11.6 Å². The van der Waals surface area contributed by atoms with Gasteiger partial charge in [-0.2, -0.15) is 0 Å². The second kappa shape index (κ2) is 3.54. The lowest BCUT2D eigenvalue weighted by Crippen LogP contribution is -1.98. The summed E-state index contributed by atoms with van der Waals surface area (Å²) in [6, 6.07) is 3.31. The molecule has 0 unspecified atom stereocenters. The van der Waals surface area contributed by atoms with E-state index in [4.69, 9.17) is 27.8 Å². The van der Waals surface area contributed by atoms with Crippen molar-refractivity contribution in [1.82, 2.24) is 0 Å². The van der Waals surface area contributed by atoms with Crippen LogP contribution >= 0.6 is 11.6 Å². The van der Waals surface area contributed by atoms with Crippen LogP contribution in [0.5, 0.6) is 5.75 Å². The van der Waals surface area contributed by atoms with Gasteiger partial charge in [0, 0.05) is 12.1 Å².